The molecule has 3 N–H and O–H groups in total. The van der Waals surface area contributed by atoms with Gasteiger partial charge in [0.25, 0.3) is 5.91 Å². The number of alkyl halides is 3. The van der Waals surface area contributed by atoms with Crippen LogP contribution in [-0.4, -0.2) is 104 Å². The number of rotatable bonds is 12. The standard InChI is InChI=1S/C32H40F5N5O5/c33-24-16-22(42-13-15-46-19-27(42)32(35,36)37)17-25(34)28(24)30(43)40-26(31(44)45)9-14-47-23-6-3-12-41(18-23)11-2-5-21-8-7-20-4-1-10-38-29(20)39-21/h7-8,16-17,23,26-27H,1-6,9-15,18-19H2,(H,38,39)(H,40,43)(H,44,45)/t23-,26-,27-/m1/s1. The number of carboxylic acid groups (broad SMARTS) is 1. The molecule has 3 aliphatic rings. The summed E-state index contributed by atoms with van der Waals surface area (Å²) in [6.45, 7) is 2.33. The Balaban J connectivity index is 1.09. The SMILES string of the molecule is O=C(N[C@H](CCO[C@@H]1CCCN(CCCc2ccc3c(n2)NCCC3)C1)C(=O)O)c1c(F)cc(N2CCOC[C@@H]2C(F)(F)F)cc1F. The van der Waals surface area contributed by atoms with E-state index in [2.05, 4.69) is 27.7 Å². The molecule has 0 spiro atoms. The minimum atomic E-state index is -4.71. The fraction of sp³-hybridized carbons (Fsp3) is 0.594. The molecule has 3 atom stereocenters. The number of benzene rings is 1. The van der Waals surface area contributed by atoms with Gasteiger partial charge in [0, 0.05) is 44.0 Å². The third-order valence-corrected chi connectivity index (χ3v) is 8.78. The van der Waals surface area contributed by atoms with Crippen LogP contribution in [0.5, 0.6) is 0 Å². The highest BCUT2D eigenvalue weighted by Crippen LogP contribution is 2.32. The molecule has 10 nitrogen and oxygen atoms in total. The molecule has 258 valence electrons. The van der Waals surface area contributed by atoms with E-state index in [0.29, 0.717) is 18.7 Å². The largest absolute Gasteiger partial charge is 0.480 e. The van der Waals surface area contributed by atoms with E-state index in [1.54, 1.807) is 0 Å². The lowest BCUT2D eigenvalue weighted by Crippen LogP contribution is -2.53. The Hall–Kier alpha value is -3.56. The van der Waals surface area contributed by atoms with Gasteiger partial charge in [0.05, 0.1) is 19.3 Å². The van der Waals surface area contributed by atoms with E-state index in [0.717, 1.165) is 74.6 Å². The van der Waals surface area contributed by atoms with Crippen LogP contribution in [0.2, 0.25) is 0 Å². The highest BCUT2D eigenvalue weighted by molar-refractivity contribution is 5.97. The van der Waals surface area contributed by atoms with Crippen molar-refractivity contribution >= 4 is 23.4 Å². The van der Waals surface area contributed by atoms with Crippen LogP contribution in [0.3, 0.4) is 0 Å². The van der Waals surface area contributed by atoms with E-state index in [9.17, 15) is 36.6 Å². The number of carbonyl (C=O) groups excluding carboxylic acids is 1. The monoisotopic (exact) mass is 669 g/mol. The number of carbonyl (C=O) groups is 2. The minimum Gasteiger partial charge on any atom is -0.480 e. The fourth-order valence-electron chi connectivity index (χ4n) is 6.31. The number of anilines is 2. The molecular formula is C32H40F5N5O5. The molecular weight excluding hydrogens is 629 g/mol. The number of likely N-dealkylation sites (tertiary alicyclic amines) is 1. The zero-order valence-corrected chi connectivity index (χ0v) is 26.0. The number of morpholine rings is 1. The van der Waals surface area contributed by atoms with Crippen LogP contribution < -0.4 is 15.5 Å². The lowest BCUT2D eigenvalue weighted by molar-refractivity contribution is -0.167. The molecule has 1 aromatic heterocycles. The maximum atomic E-state index is 15.0. The van der Waals surface area contributed by atoms with E-state index >= 15 is 0 Å². The number of carboxylic acids is 1. The van der Waals surface area contributed by atoms with E-state index in [4.69, 9.17) is 14.5 Å². The molecule has 1 aromatic carbocycles. The van der Waals surface area contributed by atoms with Gasteiger partial charge in [-0.1, -0.05) is 6.07 Å². The Morgan fingerprint density at radius 1 is 1.17 bits per heavy atom. The van der Waals surface area contributed by atoms with Crippen molar-refractivity contribution in [3.63, 3.8) is 0 Å². The molecule has 4 heterocycles. The summed E-state index contributed by atoms with van der Waals surface area (Å²) in [5.41, 5.74) is 0.818. The number of fused-ring (bicyclic) bond motifs is 1. The number of nitrogens with one attached hydrogen (secondary N) is 2. The first-order valence-electron chi connectivity index (χ1n) is 16.0. The quantitative estimate of drug-likeness (QED) is 0.287. The number of piperidine rings is 1. The summed E-state index contributed by atoms with van der Waals surface area (Å²) >= 11 is 0. The third kappa shape index (κ3) is 9.08. The lowest BCUT2D eigenvalue weighted by Gasteiger charge is -2.38. The van der Waals surface area contributed by atoms with E-state index in [-0.39, 0.29) is 32.3 Å². The maximum absolute atomic E-state index is 15.0. The Kier molecular flexibility index (Phi) is 11.5. The van der Waals surface area contributed by atoms with Crippen LogP contribution in [0.1, 0.15) is 53.7 Å². The van der Waals surface area contributed by atoms with Crippen molar-refractivity contribution in [2.24, 2.45) is 0 Å². The zero-order chi connectivity index (χ0) is 33.6. The molecule has 0 aliphatic carbocycles. The van der Waals surface area contributed by atoms with Gasteiger partial charge in [0.15, 0.2) is 0 Å². The van der Waals surface area contributed by atoms with Crippen molar-refractivity contribution in [1.29, 1.82) is 0 Å². The molecule has 2 fully saturated rings. The summed E-state index contributed by atoms with van der Waals surface area (Å²) in [5, 5.41) is 15.1. The first-order chi connectivity index (χ1) is 22.5. The van der Waals surface area contributed by atoms with Crippen LogP contribution in [0, 0.1) is 11.6 Å². The van der Waals surface area contributed by atoms with Crippen molar-refractivity contribution in [1.82, 2.24) is 15.2 Å². The normalized spacial score (nSPS) is 21.1. The number of aryl methyl sites for hydroxylation is 2. The van der Waals surface area contributed by atoms with Gasteiger partial charge in [-0.3, -0.25) is 4.79 Å². The number of pyridine rings is 1. The van der Waals surface area contributed by atoms with Crippen molar-refractivity contribution in [3.05, 3.63) is 52.7 Å². The molecule has 0 saturated carbocycles. The lowest BCUT2D eigenvalue weighted by atomic mass is 10.1. The number of nitrogens with zero attached hydrogens (tertiary/aromatic N) is 3. The van der Waals surface area contributed by atoms with Crippen LogP contribution >= 0.6 is 0 Å². The number of aliphatic carboxylic acids is 1. The Morgan fingerprint density at radius 2 is 1.96 bits per heavy atom. The zero-order valence-electron chi connectivity index (χ0n) is 26.0. The first kappa shape index (κ1) is 34.8. The topological polar surface area (TPSA) is 116 Å². The Bertz CT molecular complexity index is 1390. The molecule has 2 aromatic rings. The predicted octanol–water partition coefficient (Wildman–Crippen LogP) is 4.17. The first-order valence-corrected chi connectivity index (χ1v) is 16.0. The minimum absolute atomic E-state index is 0.0123. The van der Waals surface area contributed by atoms with Gasteiger partial charge in [0.1, 0.15) is 35.1 Å². The summed E-state index contributed by atoms with van der Waals surface area (Å²) < 4.78 is 81.1. The van der Waals surface area contributed by atoms with Crippen molar-refractivity contribution < 1.29 is 46.1 Å². The average Bonchev–Trinajstić information content (AvgIpc) is 3.03. The molecule has 47 heavy (non-hydrogen) atoms. The van der Waals surface area contributed by atoms with Gasteiger partial charge < -0.3 is 35.0 Å². The van der Waals surface area contributed by atoms with Crippen LogP contribution in [0.4, 0.5) is 33.5 Å². The summed E-state index contributed by atoms with van der Waals surface area (Å²) in [7, 11) is 0. The Morgan fingerprint density at radius 3 is 2.70 bits per heavy atom. The molecule has 2 saturated heterocycles. The van der Waals surface area contributed by atoms with Crippen molar-refractivity contribution in [2.45, 2.75) is 69.3 Å². The highest BCUT2D eigenvalue weighted by Gasteiger charge is 2.46. The molecule has 15 heteroatoms. The van der Waals surface area contributed by atoms with E-state index in [1.807, 2.05) is 0 Å². The molecule has 3 aliphatic heterocycles. The summed E-state index contributed by atoms with van der Waals surface area (Å²) in [5.74, 6) is -4.59. The second-order valence-corrected chi connectivity index (χ2v) is 12.1. The van der Waals surface area contributed by atoms with E-state index in [1.165, 1.54) is 5.56 Å². The summed E-state index contributed by atoms with van der Waals surface area (Å²) in [6, 6.07) is 1.88. The Labute approximate surface area is 269 Å². The molecule has 0 radical (unpaired) electrons. The number of halogens is 5. The van der Waals surface area contributed by atoms with Gasteiger partial charge in [-0.15, -0.1) is 0 Å². The second-order valence-electron chi connectivity index (χ2n) is 12.1. The average molecular weight is 670 g/mol. The smallest absolute Gasteiger partial charge is 0.411 e. The number of ether oxygens (including phenoxy) is 2. The number of hydrogen-bond acceptors (Lipinski definition) is 8. The predicted molar refractivity (Wildman–Crippen MR) is 163 cm³/mol. The molecule has 0 bridgehead atoms. The highest BCUT2D eigenvalue weighted by atomic mass is 19.4. The molecule has 1 amide bonds. The van der Waals surface area contributed by atoms with Gasteiger partial charge in [-0.05, 0) is 75.4 Å². The number of hydrogen-bond donors (Lipinski definition) is 3. The van der Waals surface area contributed by atoms with Crippen molar-refractivity contribution in [2.75, 3.05) is 62.8 Å². The number of amides is 1. The van der Waals surface area contributed by atoms with Gasteiger partial charge in [-0.2, -0.15) is 13.2 Å². The van der Waals surface area contributed by atoms with Gasteiger partial charge in [0.2, 0.25) is 0 Å². The molecule has 0 unspecified atom stereocenters. The van der Waals surface area contributed by atoms with Gasteiger partial charge in [-0.25, -0.2) is 18.6 Å². The van der Waals surface area contributed by atoms with Crippen LogP contribution in [-0.2, 0) is 27.1 Å². The third-order valence-electron chi connectivity index (χ3n) is 8.78. The van der Waals surface area contributed by atoms with Crippen LogP contribution in [0.15, 0.2) is 24.3 Å². The number of aromatic nitrogens is 1. The van der Waals surface area contributed by atoms with Crippen molar-refractivity contribution in [3.8, 4) is 0 Å². The summed E-state index contributed by atoms with van der Waals surface area (Å²) in [4.78, 5) is 32.5. The summed E-state index contributed by atoms with van der Waals surface area (Å²) in [6.07, 6.45) is 0.628. The maximum Gasteiger partial charge on any atom is 0.411 e. The second kappa shape index (κ2) is 15.6. The van der Waals surface area contributed by atoms with E-state index < -0.39 is 59.6 Å². The van der Waals surface area contributed by atoms with Crippen LogP contribution in [0.25, 0.3) is 0 Å². The molecule has 5 rings (SSSR count). The fourth-order valence-corrected chi connectivity index (χ4v) is 6.31. The van der Waals surface area contributed by atoms with Gasteiger partial charge >= 0.3 is 12.1 Å².